The lowest BCUT2D eigenvalue weighted by molar-refractivity contribution is -0.120. The maximum absolute atomic E-state index is 12.5. The molecule has 146 valence electrons. The lowest BCUT2D eigenvalue weighted by Crippen LogP contribution is -2.29. The maximum atomic E-state index is 12.5. The van der Waals surface area contributed by atoms with E-state index in [1.54, 1.807) is 36.4 Å². The van der Waals surface area contributed by atoms with Crippen LogP contribution in [0.5, 0.6) is 0 Å². The van der Waals surface area contributed by atoms with Gasteiger partial charge in [0, 0.05) is 29.5 Å². The largest absolute Gasteiger partial charge is 0.387 e. The van der Waals surface area contributed by atoms with Crippen molar-refractivity contribution in [1.82, 2.24) is 9.62 Å². The number of aliphatic hydroxyl groups excluding tert-OH is 1. The molecule has 2 aromatic rings. The van der Waals surface area contributed by atoms with Crippen molar-refractivity contribution in [3.63, 3.8) is 0 Å². The average Bonchev–Trinajstić information content (AvgIpc) is 3.33. The van der Waals surface area contributed by atoms with Crippen LogP contribution in [0.15, 0.2) is 40.6 Å². The molecule has 0 spiro atoms. The minimum Gasteiger partial charge on any atom is -0.387 e. The van der Waals surface area contributed by atoms with Gasteiger partial charge in [-0.25, -0.2) is 8.42 Å². The van der Waals surface area contributed by atoms with Crippen LogP contribution < -0.4 is 5.32 Å². The first-order valence-corrected chi connectivity index (χ1v) is 11.3. The number of halogens is 1. The summed E-state index contributed by atoms with van der Waals surface area (Å²) in [7, 11) is -3.45. The molecular formula is C18H21ClN2O4S2. The molecule has 9 heteroatoms. The smallest absolute Gasteiger partial charge is 0.252 e. The molecule has 6 nitrogen and oxygen atoms in total. The molecule has 0 bridgehead atoms. The van der Waals surface area contributed by atoms with Crippen LogP contribution in [-0.2, 0) is 21.2 Å². The second kappa shape index (κ2) is 8.70. The molecule has 1 unspecified atom stereocenters. The molecule has 1 aromatic heterocycles. The molecule has 2 N–H and O–H groups in total. The Morgan fingerprint density at radius 3 is 2.52 bits per heavy atom. The van der Waals surface area contributed by atoms with E-state index in [9.17, 15) is 18.3 Å². The number of benzene rings is 1. The molecule has 0 radical (unpaired) electrons. The van der Waals surface area contributed by atoms with Crippen LogP contribution in [-0.4, -0.2) is 43.4 Å². The van der Waals surface area contributed by atoms with E-state index in [2.05, 4.69) is 5.32 Å². The summed E-state index contributed by atoms with van der Waals surface area (Å²) < 4.78 is 26.8. The van der Waals surface area contributed by atoms with Gasteiger partial charge in [-0.2, -0.15) is 4.31 Å². The van der Waals surface area contributed by atoms with Gasteiger partial charge in [-0.15, -0.1) is 11.3 Å². The van der Waals surface area contributed by atoms with Gasteiger partial charge in [0.2, 0.25) is 5.91 Å². The number of hydrogen-bond donors (Lipinski definition) is 2. The summed E-state index contributed by atoms with van der Waals surface area (Å²) in [5, 5.41) is 13.4. The molecule has 1 atom stereocenters. The molecule has 0 saturated carbocycles. The van der Waals surface area contributed by atoms with E-state index in [-0.39, 0.29) is 23.1 Å². The minimum atomic E-state index is -3.45. The maximum Gasteiger partial charge on any atom is 0.252 e. The van der Waals surface area contributed by atoms with Crippen molar-refractivity contribution < 1.29 is 18.3 Å². The SMILES string of the molecule is O=C(Cc1ccc(S(=O)(=O)N2CCCC2)s1)NCC(O)c1ccc(Cl)cc1. The third kappa shape index (κ3) is 5.08. The summed E-state index contributed by atoms with van der Waals surface area (Å²) in [6, 6.07) is 9.99. The van der Waals surface area contributed by atoms with Crippen LogP contribution in [0.4, 0.5) is 0 Å². The predicted octanol–water partition coefficient (Wildman–Crippen LogP) is 2.58. The van der Waals surface area contributed by atoms with Crippen molar-refractivity contribution in [2.45, 2.75) is 29.6 Å². The van der Waals surface area contributed by atoms with Crippen molar-refractivity contribution >= 4 is 38.9 Å². The monoisotopic (exact) mass is 428 g/mol. The number of sulfonamides is 1. The lowest BCUT2D eigenvalue weighted by atomic mass is 10.1. The Morgan fingerprint density at radius 1 is 1.19 bits per heavy atom. The number of carbonyl (C=O) groups excluding carboxylic acids is 1. The number of hydrogen-bond acceptors (Lipinski definition) is 5. The third-order valence-electron chi connectivity index (χ3n) is 4.38. The van der Waals surface area contributed by atoms with Gasteiger partial charge in [0.25, 0.3) is 10.0 Å². The summed E-state index contributed by atoms with van der Waals surface area (Å²) in [6.45, 7) is 1.18. The number of thiophene rings is 1. The highest BCUT2D eigenvalue weighted by atomic mass is 35.5. The Balaban J connectivity index is 1.54. The molecule has 2 heterocycles. The van der Waals surface area contributed by atoms with Gasteiger partial charge in [0.05, 0.1) is 12.5 Å². The van der Waals surface area contributed by atoms with Gasteiger partial charge < -0.3 is 10.4 Å². The summed E-state index contributed by atoms with van der Waals surface area (Å²) in [4.78, 5) is 12.8. The molecule has 3 rings (SSSR count). The van der Waals surface area contributed by atoms with E-state index < -0.39 is 16.1 Å². The predicted molar refractivity (Wildman–Crippen MR) is 105 cm³/mol. The van der Waals surface area contributed by atoms with Crippen molar-refractivity contribution in [3.8, 4) is 0 Å². The summed E-state index contributed by atoms with van der Waals surface area (Å²) >= 11 is 6.93. The Morgan fingerprint density at radius 2 is 1.85 bits per heavy atom. The quantitative estimate of drug-likeness (QED) is 0.709. The number of rotatable bonds is 7. The van der Waals surface area contributed by atoms with Crippen molar-refractivity contribution in [3.05, 3.63) is 51.9 Å². The topological polar surface area (TPSA) is 86.7 Å². The second-order valence-electron chi connectivity index (χ2n) is 6.38. The van der Waals surface area contributed by atoms with E-state index in [1.807, 2.05) is 0 Å². The van der Waals surface area contributed by atoms with Crippen LogP contribution in [0.2, 0.25) is 5.02 Å². The van der Waals surface area contributed by atoms with Crippen molar-refractivity contribution in [1.29, 1.82) is 0 Å². The number of nitrogens with one attached hydrogen (secondary N) is 1. The first-order chi connectivity index (χ1) is 12.9. The minimum absolute atomic E-state index is 0.0742. The number of nitrogens with zero attached hydrogens (tertiary/aromatic N) is 1. The normalized spacial score (nSPS) is 16.4. The molecule has 1 aliphatic heterocycles. The van der Waals surface area contributed by atoms with Crippen LogP contribution in [0.1, 0.15) is 29.4 Å². The van der Waals surface area contributed by atoms with Crippen molar-refractivity contribution in [2.75, 3.05) is 19.6 Å². The molecule has 1 amide bonds. The number of aliphatic hydroxyl groups is 1. The Hall–Kier alpha value is -1.45. The van der Waals surface area contributed by atoms with Crippen LogP contribution in [0.3, 0.4) is 0 Å². The molecule has 0 aliphatic carbocycles. The fraction of sp³-hybridized carbons (Fsp3) is 0.389. The first kappa shape index (κ1) is 20.3. The zero-order valence-electron chi connectivity index (χ0n) is 14.6. The highest BCUT2D eigenvalue weighted by Gasteiger charge is 2.28. The molecule has 27 heavy (non-hydrogen) atoms. The number of carbonyl (C=O) groups is 1. The molecule has 1 fully saturated rings. The fourth-order valence-corrected chi connectivity index (χ4v) is 6.03. The van der Waals surface area contributed by atoms with E-state index in [0.717, 1.165) is 24.2 Å². The first-order valence-electron chi connectivity index (χ1n) is 8.65. The highest BCUT2D eigenvalue weighted by Crippen LogP contribution is 2.27. The van der Waals surface area contributed by atoms with Gasteiger partial charge in [0.15, 0.2) is 0 Å². The van der Waals surface area contributed by atoms with Gasteiger partial charge in [-0.3, -0.25) is 4.79 Å². The van der Waals surface area contributed by atoms with Crippen LogP contribution in [0, 0.1) is 0 Å². The Labute approximate surface area is 167 Å². The van der Waals surface area contributed by atoms with E-state index in [1.165, 1.54) is 4.31 Å². The zero-order chi connectivity index (χ0) is 19.4. The zero-order valence-corrected chi connectivity index (χ0v) is 17.0. The molecular weight excluding hydrogens is 408 g/mol. The molecule has 1 saturated heterocycles. The fourth-order valence-electron chi connectivity index (χ4n) is 2.88. The van der Waals surface area contributed by atoms with Gasteiger partial charge in [-0.05, 0) is 42.7 Å². The standard InChI is InChI=1S/C18H21ClN2O4S2/c19-14-5-3-13(4-6-14)16(22)12-20-17(23)11-15-7-8-18(26-15)27(24,25)21-9-1-2-10-21/h3-8,16,22H,1-2,9-12H2,(H,20,23). The second-order valence-corrected chi connectivity index (χ2v) is 10.1. The number of amides is 1. The van der Waals surface area contributed by atoms with Crippen LogP contribution in [0.25, 0.3) is 0 Å². The Bertz CT molecular complexity index is 890. The highest BCUT2D eigenvalue weighted by molar-refractivity contribution is 7.91. The average molecular weight is 429 g/mol. The van der Waals surface area contributed by atoms with Gasteiger partial charge in [0.1, 0.15) is 4.21 Å². The van der Waals surface area contributed by atoms with Crippen molar-refractivity contribution in [2.24, 2.45) is 0 Å². The summed E-state index contributed by atoms with van der Waals surface area (Å²) in [6.07, 6.45) is 1.01. The van der Waals surface area contributed by atoms with E-state index >= 15 is 0 Å². The van der Waals surface area contributed by atoms with Crippen LogP contribution >= 0.6 is 22.9 Å². The van der Waals surface area contributed by atoms with E-state index in [4.69, 9.17) is 11.6 Å². The lowest BCUT2D eigenvalue weighted by Gasteiger charge is -2.13. The van der Waals surface area contributed by atoms with Gasteiger partial charge in [-0.1, -0.05) is 23.7 Å². The summed E-state index contributed by atoms with van der Waals surface area (Å²) in [5.41, 5.74) is 0.662. The third-order valence-corrected chi connectivity index (χ3v) is 8.08. The molecule has 1 aromatic carbocycles. The molecule has 1 aliphatic rings. The summed E-state index contributed by atoms with van der Waals surface area (Å²) in [5.74, 6) is -0.269. The Kier molecular flexibility index (Phi) is 6.54. The van der Waals surface area contributed by atoms with Gasteiger partial charge >= 0.3 is 0 Å². The van der Waals surface area contributed by atoms with E-state index in [0.29, 0.717) is 28.6 Å².